The van der Waals surface area contributed by atoms with E-state index in [0.29, 0.717) is 22.8 Å². The highest BCUT2D eigenvalue weighted by Crippen LogP contribution is 2.26. The van der Waals surface area contributed by atoms with Gasteiger partial charge in [-0.15, -0.1) is 0 Å². The van der Waals surface area contributed by atoms with E-state index in [-0.39, 0.29) is 6.54 Å². The molecule has 0 spiro atoms. The summed E-state index contributed by atoms with van der Waals surface area (Å²) in [6.45, 7) is 0.176. The number of nitrogens with one attached hydrogen (secondary N) is 1. The molecule has 0 atom stereocenters. The normalized spacial score (nSPS) is 10.2. The van der Waals surface area contributed by atoms with Crippen molar-refractivity contribution in [1.29, 1.82) is 0 Å². The number of amides is 2. The highest BCUT2D eigenvalue weighted by molar-refractivity contribution is 6.42. The van der Waals surface area contributed by atoms with E-state index in [0.717, 1.165) is 0 Å². The average Bonchev–Trinajstić information content (AvgIpc) is 2.69. The Hall–Kier alpha value is -3.67. The SMILES string of the molecule is Nc1ccc(N(C(=O)C(=O)NCc2ccccn2)c2ccccc2)cc1. The maximum absolute atomic E-state index is 12.8. The molecule has 0 radical (unpaired) electrons. The lowest BCUT2D eigenvalue weighted by atomic mass is 10.2. The van der Waals surface area contributed by atoms with E-state index in [1.165, 1.54) is 4.90 Å². The molecule has 3 aromatic rings. The third kappa shape index (κ3) is 4.05. The number of carbonyl (C=O) groups is 2. The van der Waals surface area contributed by atoms with E-state index >= 15 is 0 Å². The molecule has 130 valence electrons. The topological polar surface area (TPSA) is 88.3 Å². The molecule has 6 heteroatoms. The number of pyridine rings is 1. The first-order valence-corrected chi connectivity index (χ1v) is 8.08. The molecule has 3 N–H and O–H groups in total. The summed E-state index contributed by atoms with van der Waals surface area (Å²) in [5, 5.41) is 2.61. The maximum atomic E-state index is 12.8. The van der Waals surface area contributed by atoms with Crippen LogP contribution in [0.25, 0.3) is 0 Å². The number of hydrogen-bond acceptors (Lipinski definition) is 4. The smallest absolute Gasteiger partial charge is 0.320 e. The Morgan fingerprint density at radius 1 is 0.885 bits per heavy atom. The number of nitrogens with two attached hydrogens (primary N) is 1. The number of nitrogen functional groups attached to an aromatic ring is 1. The first-order chi connectivity index (χ1) is 12.6. The van der Waals surface area contributed by atoms with Gasteiger partial charge in [-0.2, -0.15) is 0 Å². The molecule has 6 nitrogen and oxygen atoms in total. The first-order valence-electron chi connectivity index (χ1n) is 8.08. The van der Waals surface area contributed by atoms with Crippen molar-refractivity contribution in [2.24, 2.45) is 0 Å². The molecule has 0 aliphatic carbocycles. The second-order valence-corrected chi connectivity index (χ2v) is 5.57. The lowest BCUT2D eigenvalue weighted by Gasteiger charge is -2.22. The third-order valence-electron chi connectivity index (χ3n) is 3.72. The van der Waals surface area contributed by atoms with Gasteiger partial charge >= 0.3 is 11.8 Å². The summed E-state index contributed by atoms with van der Waals surface area (Å²) >= 11 is 0. The second-order valence-electron chi connectivity index (χ2n) is 5.57. The van der Waals surface area contributed by atoms with Crippen LogP contribution in [-0.4, -0.2) is 16.8 Å². The van der Waals surface area contributed by atoms with Crippen LogP contribution in [0.15, 0.2) is 79.0 Å². The lowest BCUT2D eigenvalue weighted by Crippen LogP contribution is -2.40. The predicted molar refractivity (Wildman–Crippen MR) is 101 cm³/mol. The minimum Gasteiger partial charge on any atom is -0.399 e. The molecule has 0 fully saturated rings. The number of carbonyl (C=O) groups excluding carboxylic acids is 2. The van der Waals surface area contributed by atoms with Crippen molar-refractivity contribution in [3.05, 3.63) is 84.7 Å². The lowest BCUT2D eigenvalue weighted by molar-refractivity contribution is -0.137. The Labute approximate surface area is 151 Å². The molecule has 0 aliphatic rings. The van der Waals surface area contributed by atoms with E-state index in [4.69, 9.17) is 5.73 Å². The molecule has 0 aliphatic heterocycles. The minimum absolute atomic E-state index is 0.176. The zero-order valence-corrected chi connectivity index (χ0v) is 14.0. The molecule has 0 saturated heterocycles. The van der Waals surface area contributed by atoms with Crippen LogP contribution in [0.1, 0.15) is 5.69 Å². The summed E-state index contributed by atoms with van der Waals surface area (Å²) in [6.07, 6.45) is 1.63. The van der Waals surface area contributed by atoms with Crippen LogP contribution in [0.2, 0.25) is 0 Å². The Morgan fingerprint density at radius 2 is 1.54 bits per heavy atom. The average molecular weight is 346 g/mol. The van der Waals surface area contributed by atoms with Crippen molar-refractivity contribution in [2.45, 2.75) is 6.54 Å². The fourth-order valence-corrected chi connectivity index (χ4v) is 2.43. The molecule has 26 heavy (non-hydrogen) atoms. The summed E-state index contributed by atoms with van der Waals surface area (Å²) in [4.78, 5) is 30.7. The zero-order valence-electron chi connectivity index (χ0n) is 14.0. The van der Waals surface area contributed by atoms with E-state index in [2.05, 4.69) is 10.3 Å². The van der Waals surface area contributed by atoms with Crippen molar-refractivity contribution in [3.63, 3.8) is 0 Å². The van der Waals surface area contributed by atoms with Crippen molar-refractivity contribution in [1.82, 2.24) is 10.3 Å². The minimum atomic E-state index is -0.712. The molecule has 2 amide bonds. The van der Waals surface area contributed by atoms with Crippen molar-refractivity contribution < 1.29 is 9.59 Å². The van der Waals surface area contributed by atoms with E-state index in [1.54, 1.807) is 66.9 Å². The Morgan fingerprint density at radius 3 is 2.19 bits per heavy atom. The van der Waals surface area contributed by atoms with Crippen LogP contribution in [0, 0.1) is 0 Å². The fourth-order valence-electron chi connectivity index (χ4n) is 2.43. The monoisotopic (exact) mass is 346 g/mol. The summed E-state index contributed by atoms with van der Waals surface area (Å²) in [7, 11) is 0. The van der Waals surface area contributed by atoms with Gasteiger partial charge in [0.2, 0.25) is 0 Å². The maximum Gasteiger partial charge on any atom is 0.320 e. The van der Waals surface area contributed by atoms with Crippen LogP contribution in [0.5, 0.6) is 0 Å². The number of anilines is 3. The highest BCUT2D eigenvalue weighted by atomic mass is 16.2. The molecule has 1 aromatic heterocycles. The van der Waals surface area contributed by atoms with Gasteiger partial charge in [0, 0.05) is 23.3 Å². The fraction of sp³-hybridized carbons (Fsp3) is 0.0500. The van der Waals surface area contributed by atoms with Gasteiger partial charge in [0.05, 0.1) is 12.2 Å². The molecule has 1 heterocycles. The summed E-state index contributed by atoms with van der Waals surface area (Å²) < 4.78 is 0. The summed E-state index contributed by atoms with van der Waals surface area (Å²) in [5.41, 5.74) is 8.13. The van der Waals surface area contributed by atoms with Gasteiger partial charge < -0.3 is 11.1 Å². The van der Waals surface area contributed by atoms with Crippen molar-refractivity contribution in [2.75, 3.05) is 10.6 Å². The standard InChI is InChI=1S/C20H18N4O2/c21-15-9-11-18(12-10-15)24(17-7-2-1-3-8-17)20(26)19(25)23-14-16-6-4-5-13-22-16/h1-13H,14,21H2,(H,23,25). The highest BCUT2D eigenvalue weighted by Gasteiger charge is 2.24. The van der Waals surface area contributed by atoms with Crippen LogP contribution >= 0.6 is 0 Å². The Balaban J connectivity index is 1.82. The number of nitrogens with zero attached hydrogens (tertiary/aromatic N) is 2. The van der Waals surface area contributed by atoms with Crippen LogP contribution in [-0.2, 0) is 16.1 Å². The molecular formula is C20H18N4O2. The Bertz CT molecular complexity index is 881. The molecule has 2 aromatic carbocycles. The summed E-state index contributed by atoms with van der Waals surface area (Å²) in [5.74, 6) is -1.40. The third-order valence-corrected chi connectivity index (χ3v) is 3.72. The largest absolute Gasteiger partial charge is 0.399 e. The van der Waals surface area contributed by atoms with Gasteiger partial charge in [0.25, 0.3) is 0 Å². The van der Waals surface area contributed by atoms with Crippen LogP contribution in [0.4, 0.5) is 17.1 Å². The van der Waals surface area contributed by atoms with E-state index < -0.39 is 11.8 Å². The first kappa shape index (κ1) is 17.2. The van der Waals surface area contributed by atoms with E-state index in [1.807, 2.05) is 12.1 Å². The number of hydrogen-bond donors (Lipinski definition) is 2. The van der Waals surface area contributed by atoms with E-state index in [9.17, 15) is 9.59 Å². The van der Waals surface area contributed by atoms with Crippen LogP contribution in [0.3, 0.4) is 0 Å². The summed E-state index contributed by atoms with van der Waals surface area (Å²) in [6, 6.07) is 21.1. The quantitative estimate of drug-likeness (QED) is 0.561. The van der Waals surface area contributed by atoms with Gasteiger partial charge in [-0.25, -0.2) is 0 Å². The van der Waals surface area contributed by atoms with Gasteiger partial charge in [-0.3, -0.25) is 19.5 Å². The van der Waals surface area contributed by atoms with Gasteiger partial charge in [-0.05, 0) is 48.5 Å². The zero-order chi connectivity index (χ0) is 18.4. The number of benzene rings is 2. The number of rotatable bonds is 4. The molecule has 0 bridgehead atoms. The van der Waals surface area contributed by atoms with Crippen molar-refractivity contribution in [3.8, 4) is 0 Å². The van der Waals surface area contributed by atoms with Crippen molar-refractivity contribution >= 4 is 28.9 Å². The predicted octanol–water partition coefficient (Wildman–Crippen LogP) is 2.64. The number of aromatic nitrogens is 1. The Kier molecular flexibility index (Phi) is 5.24. The van der Waals surface area contributed by atoms with Gasteiger partial charge in [-0.1, -0.05) is 24.3 Å². The second kappa shape index (κ2) is 7.94. The molecule has 3 rings (SSSR count). The van der Waals surface area contributed by atoms with Gasteiger partial charge in [0.15, 0.2) is 0 Å². The van der Waals surface area contributed by atoms with Gasteiger partial charge in [0.1, 0.15) is 0 Å². The molecule has 0 saturated carbocycles. The van der Waals surface area contributed by atoms with Crippen LogP contribution < -0.4 is 16.0 Å². The molecule has 0 unspecified atom stereocenters. The molecular weight excluding hydrogens is 328 g/mol. The number of para-hydroxylation sites is 1.